The van der Waals surface area contributed by atoms with Crippen LogP contribution < -0.4 is 0 Å². The van der Waals surface area contributed by atoms with Crippen molar-refractivity contribution in [1.29, 1.82) is 0 Å². The van der Waals surface area contributed by atoms with Crippen molar-refractivity contribution >= 4 is 34.1 Å². The molecule has 0 aliphatic heterocycles. The van der Waals surface area contributed by atoms with Crippen molar-refractivity contribution in [2.24, 2.45) is 0 Å². The molecule has 5 rings (SSSR count). The summed E-state index contributed by atoms with van der Waals surface area (Å²) in [5, 5.41) is 1.90. The highest BCUT2D eigenvalue weighted by atomic mass is 35.5. The van der Waals surface area contributed by atoms with Gasteiger partial charge in [-0.1, -0.05) is 95.5 Å². The minimum Gasteiger partial charge on any atom is -0.264 e. The number of hydrogen-bond acceptors (Lipinski definition) is 2. The highest BCUT2D eigenvalue weighted by Crippen LogP contribution is 2.40. The minimum absolute atomic E-state index is 0.0277. The molecule has 156 valence electrons. The number of benzene rings is 3. The zero-order valence-electron chi connectivity index (χ0n) is 17.5. The van der Waals surface area contributed by atoms with E-state index in [2.05, 4.69) is 59.4 Å². The first-order valence-corrected chi connectivity index (χ1v) is 11.2. The quantitative estimate of drug-likeness (QED) is 0.256. The third kappa shape index (κ3) is 3.88. The molecular formula is C28H20Cl2N2. The molecule has 0 fully saturated rings. The maximum atomic E-state index is 6.94. The molecule has 5 aromatic rings. The van der Waals surface area contributed by atoms with Gasteiger partial charge in [-0.25, -0.2) is 4.98 Å². The summed E-state index contributed by atoms with van der Waals surface area (Å²) >= 11 is 13.5. The zero-order chi connectivity index (χ0) is 22.1. The Morgan fingerprint density at radius 2 is 1.53 bits per heavy atom. The molecule has 0 saturated carbocycles. The van der Waals surface area contributed by atoms with E-state index in [4.69, 9.17) is 23.2 Å². The average Bonchev–Trinajstić information content (AvgIpc) is 2.81. The van der Waals surface area contributed by atoms with Crippen molar-refractivity contribution < 1.29 is 0 Å². The van der Waals surface area contributed by atoms with Crippen molar-refractivity contribution in [1.82, 2.24) is 9.97 Å². The van der Waals surface area contributed by atoms with Gasteiger partial charge in [0.1, 0.15) is 5.15 Å². The van der Waals surface area contributed by atoms with Gasteiger partial charge in [-0.15, -0.1) is 0 Å². The van der Waals surface area contributed by atoms with E-state index in [1.807, 2.05) is 48.7 Å². The van der Waals surface area contributed by atoms with E-state index in [1.54, 1.807) is 6.20 Å². The lowest BCUT2D eigenvalue weighted by molar-refractivity contribution is 0.963. The van der Waals surface area contributed by atoms with Crippen LogP contribution in [0, 0.1) is 6.92 Å². The average molecular weight is 455 g/mol. The summed E-state index contributed by atoms with van der Waals surface area (Å²) in [6.45, 7) is 2.11. The standard InChI is InChI=1S/C28H20Cl2N2/c1-18-7-5-10-20(15-18)25(22-11-6-14-31-17-22)21-12-13-24-23(16-21)27(29)26(28(30)32-24)19-8-3-2-4-9-19/h2-17,25H,1H3. The van der Waals surface area contributed by atoms with Gasteiger partial charge in [-0.3, -0.25) is 4.98 Å². The molecule has 1 atom stereocenters. The van der Waals surface area contributed by atoms with E-state index in [9.17, 15) is 0 Å². The van der Waals surface area contributed by atoms with E-state index in [0.717, 1.165) is 33.2 Å². The van der Waals surface area contributed by atoms with E-state index in [0.29, 0.717) is 10.2 Å². The molecular weight excluding hydrogens is 435 g/mol. The van der Waals surface area contributed by atoms with Crippen LogP contribution in [0.4, 0.5) is 0 Å². The molecule has 2 heterocycles. The molecule has 0 amide bonds. The topological polar surface area (TPSA) is 25.8 Å². The van der Waals surface area contributed by atoms with Crippen LogP contribution in [0.2, 0.25) is 10.2 Å². The number of halogens is 2. The number of pyridine rings is 2. The third-order valence-electron chi connectivity index (χ3n) is 5.69. The van der Waals surface area contributed by atoms with Crippen molar-refractivity contribution in [3.63, 3.8) is 0 Å². The fraction of sp³-hybridized carbons (Fsp3) is 0.0714. The lowest BCUT2D eigenvalue weighted by Crippen LogP contribution is -2.04. The highest BCUT2D eigenvalue weighted by Gasteiger charge is 2.20. The van der Waals surface area contributed by atoms with Crippen molar-refractivity contribution in [2.45, 2.75) is 12.8 Å². The fourth-order valence-corrected chi connectivity index (χ4v) is 4.91. The Morgan fingerprint density at radius 1 is 0.750 bits per heavy atom. The monoisotopic (exact) mass is 454 g/mol. The third-order valence-corrected chi connectivity index (χ3v) is 6.36. The second-order valence-electron chi connectivity index (χ2n) is 7.87. The van der Waals surface area contributed by atoms with Gasteiger partial charge < -0.3 is 0 Å². The molecule has 32 heavy (non-hydrogen) atoms. The van der Waals surface area contributed by atoms with Gasteiger partial charge in [0, 0.05) is 29.3 Å². The maximum Gasteiger partial charge on any atom is 0.139 e. The molecule has 0 radical (unpaired) electrons. The summed E-state index contributed by atoms with van der Waals surface area (Å²) in [6, 6.07) is 28.8. The fourth-order valence-electron chi connectivity index (χ4n) is 4.22. The first kappa shape index (κ1) is 20.7. The molecule has 0 aliphatic carbocycles. The van der Waals surface area contributed by atoms with Crippen LogP contribution in [-0.2, 0) is 0 Å². The number of aryl methyl sites for hydroxylation is 1. The second-order valence-corrected chi connectivity index (χ2v) is 8.60. The number of hydrogen-bond donors (Lipinski definition) is 0. The molecule has 3 aromatic carbocycles. The number of nitrogens with zero attached hydrogens (tertiary/aromatic N) is 2. The van der Waals surface area contributed by atoms with Gasteiger partial charge in [0.25, 0.3) is 0 Å². The van der Waals surface area contributed by atoms with Crippen LogP contribution >= 0.6 is 23.2 Å². The first-order chi connectivity index (χ1) is 15.6. The normalized spacial score (nSPS) is 12.1. The van der Waals surface area contributed by atoms with E-state index < -0.39 is 0 Å². The molecule has 0 spiro atoms. The smallest absolute Gasteiger partial charge is 0.139 e. The Bertz CT molecular complexity index is 1400. The summed E-state index contributed by atoms with van der Waals surface area (Å²) in [6.07, 6.45) is 3.72. The van der Waals surface area contributed by atoms with Crippen molar-refractivity contribution in [3.05, 3.63) is 130 Å². The molecule has 0 bridgehead atoms. The number of rotatable bonds is 4. The van der Waals surface area contributed by atoms with E-state index in [1.165, 1.54) is 11.1 Å². The molecule has 0 saturated heterocycles. The molecule has 0 N–H and O–H groups in total. The summed E-state index contributed by atoms with van der Waals surface area (Å²) < 4.78 is 0. The first-order valence-electron chi connectivity index (χ1n) is 10.4. The lowest BCUT2D eigenvalue weighted by atomic mass is 9.85. The zero-order valence-corrected chi connectivity index (χ0v) is 19.0. The summed E-state index contributed by atoms with van der Waals surface area (Å²) in [7, 11) is 0. The Kier molecular flexibility index (Phi) is 5.65. The summed E-state index contributed by atoms with van der Waals surface area (Å²) in [4.78, 5) is 9.01. The van der Waals surface area contributed by atoms with E-state index in [-0.39, 0.29) is 5.92 Å². The molecule has 1 unspecified atom stereocenters. The number of aromatic nitrogens is 2. The van der Waals surface area contributed by atoms with Crippen LogP contribution in [0.1, 0.15) is 28.2 Å². The Balaban J connectivity index is 1.73. The Hall–Kier alpha value is -3.20. The van der Waals surface area contributed by atoms with Crippen LogP contribution in [-0.4, -0.2) is 9.97 Å². The number of fused-ring (bicyclic) bond motifs is 1. The molecule has 0 aliphatic rings. The molecule has 2 aromatic heterocycles. The van der Waals surface area contributed by atoms with Gasteiger partial charge in [-0.2, -0.15) is 0 Å². The van der Waals surface area contributed by atoms with Crippen LogP contribution in [0.15, 0.2) is 97.3 Å². The Labute approximate surface area is 197 Å². The van der Waals surface area contributed by atoms with Gasteiger partial charge in [-0.05, 0) is 47.4 Å². The summed E-state index contributed by atoms with van der Waals surface area (Å²) in [5.74, 6) is 0.0277. The highest BCUT2D eigenvalue weighted by molar-refractivity contribution is 6.42. The largest absolute Gasteiger partial charge is 0.264 e. The predicted molar refractivity (Wildman–Crippen MR) is 134 cm³/mol. The van der Waals surface area contributed by atoms with Crippen LogP contribution in [0.3, 0.4) is 0 Å². The SMILES string of the molecule is Cc1cccc(C(c2cccnc2)c2ccc3nc(Cl)c(-c4ccccc4)c(Cl)c3c2)c1. The predicted octanol–water partition coefficient (Wildman–Crippen LogP) is 8.09. The molecule has 2 nitrogen and oxygen atoms in total. The minimum atomic E-state index is 0.0277. The molecule has 4 heteroatoms. The van der Waals surface area contributed by atoms with Crippen LogP contribution in [0.25, 0.3) is 22.0 Å². The van der Waals surface area contributed by atoms with Gasteiger partial charge >= 0.3 is 0 Å². The van der Waals surface area contributed by atoms with E-state index >= 15 is 0 Å². The van der Waals surface area contributed by atoms with Crippen LogP contribution in [0.5, 0.6) is 0 Å². The summed E-state index contributed by atoms with van der Waals surface area (Å²) in [5.41, 5.74) is 7.16. The van der Waals surface area contributed by atoms with Gasteiger partial charge in [0.2, 0.25) is 0 Å². The second kappa shape index (κ2) is 8.74. The van der Waals surface area contributed by atoms with Gasteiger partial charge in [0.15, 0.2) is 0 Å². The van der Waals surface area contributed by atoms with Gasteiger partial charge in [0.05, 0.1) is 10.5 Å². The lowest BCUT2D eigenvalue weighted by Gasteiger charge is -2.20. The van der Waals surface area contributed by atoms with Crippen molar-refractivity contribution in [3.8, 4) is 11.1 Å². The Morgan fingerprint density at radius 3 is 2.28 bits per heavy atom. The van der Waals surface area contributed by atoms with Crippen molar-refractivity contribution in [2.75, 3.05) is 0 Å². The maximum absolute atomic E-state index is 6.94.